The van der Waals surface area contributed by atoms with Gasteiger partial charge in [0.15, 0.2) is 0 Å². The van der Waals surface area contributed by atoms with Crippen LogP contribution in [0, 0.1) is 25.7 Å². The molecule has 5 unspecified atom stereocenters. The summed E-state index contributed by atoms with van der Waals surface area (Å²) in [5.74, 6) is 1.51. The van der Waals surface area contributed by atoms with Crippen molar-refractivity contribution in [3.8, 4) is 0 Å². The van der Waals surface area contributed by atoms with Gasteiger partial charge in [0, 0.05) is 34.8 Å². The number of thioether (sulfide) groups is 1. The molecule has 3 N–H and O–H groups in total. The number of hydrogen-bond donors (Lipinski definition) is 3. The van der Waals surface area contributed by atoms with Gasteiger partial charge in [0.1, 0.15) is 0 Å². The van der Waals surface area contributed by atoms with E-state index < -0.39 is 12.1 Å². The van der Waals surface area contributed by atoms with E-state index in [1.807, 2.05) is 83.1 Å². The molecular weight excluding hydrogens is 518 g/mol. The van der Waals surface area contributed by atoms with Gasteiger partial charge in [-0.2, -0.15) is 0 Å². The fraction of sp³-hybridized carbons (Fsp3) is 0.576. The zero-order valence-corrected chi connectivity index (χ0v) is 25.6. The minimum absolute atomic E-state index is 0.0401. The van der Waals surface area contributed by atoms with Crippen molar-refractivity contribution in [3.05, 3.63) is 65.2 Å². The number of amides is 2. The van der Waals surface area contributed by atoms with Crippen LogP contribution in [0.3, 0.4) is 0 Å². The summed E-state index contributed by atoms with van der Waals surface area (Å²) in [4.78, 5) is 30.2. The molecule has 1 heterocycles. The maximum Gasteiger partial charge on any atom is 0.251 e. The zero-order chi connectivity index (χ0) is 28.9. The summed E-state index contributed by atoms with van der Waals surface area (Å²) in [6.45, 7) is 11.1. The predicted octanol–water partition coefficient (Wildman–Crippen LogP) is 5.35. The van der Waals surface area contributed by atoms with E-state index in [0.717, 1.165) is 29.0 Å². The molecule has 0 radical (unpaired) electrons. The maximum atomic E-state index is 13.5. The number of aliphatic hydroxyl groups excluding tert-OH is 1. The Kier molecular flexibility index (Phi) is 10.4. The molecule has 2 aliphatic rings. The molecule has 1 aliphatic heterocycles. The molecule has 0 aromatic heterocycles. The minimum Gasteiger partial charge on any atom is -0.390 e. The van der Waals surface area contributed by atoms with Crippen molar-refractivity contribution < 1.29 is 14.7 Å². The van der Waals surface area contributed by atoms with Gasteiger partial charge < -0.3 is 15.7 Å². The van der Waals surface area contributed by atoms with Gasteiger partial charge in [-0.25, -0.2) is 0 Å². The maximum absolute atomic E-state index is 13.5. The monoisotopic (exact) mass is 565 g/mol. The Balaban J connectivity index is 1.54. The third-order valence-electron chi connectivity index (χ3n) is 8.53. The molecule has 0 spiro atoms. The molecule has 2 fully saturated rings. The summed E-state index contributed by atoms with van der Waals surface area (Å²) in [6.07, 6.45) is 4.84. The van der Waals surface area contributed by atoms with E-state index >= 15 is 0 Å². The predicted molar refractivity (Wildman–Crippen MR) is 164 cm³/mol. The van der Waals surface area contributed by atoms with Crippen LogP contribution in [-0.2, 0) is 4.79 Å². The van der Waals surface area contributed by atoms with Gasteiger partial charge in [-0.3, -0.25) is 14.5 Å². The molecule has 7 heteroatoms. The van der Waals surface area contributed by atoms with Crippen LogP contribution in [-0.4, -0.2) is 64.4 Å². The van der Waals surface area contributed by atoms with Gasteiger partial charge in [-0.15, -0.1) is 11.8 Å². The molecule has 2 amide bonds. The van der Waals surface area contributed by atoms with Crippen molar-refractivity contribution in [3.63, 3.8) is 0 Å². The Morgan fingerprint density at radius 3 is 2.42 bits per heavy atom. The third kappa shape index (κ3) is 8.11. The largest absolute Gasteiger partial charge is 0.390 e. The van der Waals surface area contributed by atoms with Gasteiger partial charge in [0.2, 0.25) is 5.91 Å². The lowest BCUT2D eigenvalue weighted by molar-refractivity contribution is -0.132. The highest BCUT2D eigenvalue weighted by Gasteiger charge is 2.41. The number of hydrogen-bond acceptors (Lipinski definition) is 5. The van der Waals surface area contributed by atoms with Crippen LogP contribution < -0.4 is 10.6 Å². The first-order valence-corrected chi connectivity index (χ1v) is 15.8. The number of fused-ring (bicyclic) bond motifs is 1. The second kappa shape index (κ2) is 13.5. The van der Waals surface area contributed by atoms with Gasteiger partial charge >= 0.3 is 0 Å². The highest BCUT2D eigenvalue weighted by Crippen LogP contribution is 2.39. The molecular formula is C33H47N3O3S. The van der Waals surface area contributed by atoms with E-state index in [9.17, 15) is 14.7 Å². The summed E-state index contributed by atoms with van der Waals surface area (Å²) in [5, 5.41) is 18.0. The van der Waals surface area contributed by atoms with E-state index in [2.05, 4.69) is 15.5 Å². The van der Waals surface area contributed by atoms with E-state index in [0.29, 0.717) is 29.7 Å². The second-order valence-corrected chi connectivity index (χ2v) is 13.9. The van der Waals surface area contributed by atoms with Crippen LogP contribution in [0.4, 0.5) is 0 Å². The Morgan fingerprint density at radius 1 is 1.02 bits per heavy atom. The van der Waals surface area contributed by atoms with E-state index in [1.165, 1.54) is 25.7 Å². The zero-order valence-electron chi connectivity index (χ0n) is 24.8. The molecule has 2 aromatic carbocycles. The van der Waals surface area contributed by atoms with Crippen LogP contribution >= 0.6 is 11.8 Å². The highest BCUT2D eigenvalue weighted by molar-refractivity contribution is 7.99. The summed E-state index contributed by atoms with van der Waals surface area (Å²) in [7, 11) is 0. The number of aryl methyl sites for hydroxylation is 1. The molecule has 1 saturated heterocycles. The normalized spacial score (nSPS) is 23.1. The lowest BCUT2D eigenvalue weighted by Gasteiger charge is -2.47. The molecule has 40 heavy (non-hydrogen) atoms. The van der Waals surface area contributed by atoms with Crippen LogP contribution in [0.15, 0.2) is 53.4 Å². The first-order valence-electron chi connectivity index (χ1n) is 14.8. The van der Waals surface area contributed by atoms with Crippen LogP contribution in [0.5, 0.6) is 0 Å². The number of nitrogens with one attached hydrogen (secondary N) is 2. The number of benzene rings is 2. The molecule has 6 nitrogen and oxygen atoms in total. The molecule has 0 bridgehead atoms. The number of aliphatic hydroxyl groups is 1. The number of piperidine rings is 1. The Bertz CT molecular complexity index is 1150. The Morgan fingerprint density at radius 2 is 1.73 bits per heavy atom. The van der Waals surface area contributed by atoms with E-state index in [1.54, 1.807) is 11.8 Å². The number of β-amino-alcohol motifs (C(OH)–C–C–N with tert-alkyl or cyclic N) is 1. The average Bonchev–Trinajstić information content (AvgIpc) is 2.91. The smallest absolute Gasteiger partial charge is 0.251 e. The number of likely N-dealkylation sites (tertiary alicyclic amines) is 1. The topological polar surface area (TPSA) is 81.7 Å². The summed E-state index contributed by atoms with van der Waals surface area (Å²) < 4.78 is 0. The first-order chi connectivity index (χ1) is 19.0. The Hall–Kier alpha value is -2.35. The van der Waals surface area contributed by atoms with Gasteiger partial charge in [0.25, 0.3) is 5.91 Å². The minimum atomic E-state index is -0.824. The molecule has 2 aromatic rings. The average molecular weight is 566 g/mol. The number of carbonyl (C=O) groups excluding carboxylic acids is 2. The summed E-state index contributed by atoms with van der Waals surface area (Å²) in [6, 6.07) is 15.0. The SMILES string of the molecule is Cc1cccc(C(=O)NC(CSc2ccccc2)C(O)CN2CC3CCCCC3CC2C(=O)NC(C)(C)C)c1C. The fourth-order valence-corrected chi connectivity index (χ4v) is 7.22. The molecule has 1 aliphatic carbocycles. The second-order valence-electron chi connectivity index (χ2n) is 12.8. The van der Waals surface area contributed by atoms with Crippen molar-refractivity contribution in [2.45, 2.75) is 95.3 Å². The summed E-state index contributed by atoms with van der Waals surface area (Å²) >= 11 is 1.62. The molecule has 1 saturated carbocycles. The first kappa shape index (κ1) is 30.6. The number of carbonyl (C=O) groups is 2. The van der Waals surface area contributed by atoms with E-state index in [-0.39, 0.29) is 23.4 Å². The van der Waals surface area contributed by atoms with Crippen LogP contribution in [0.1, 0.15) is 74.4 Å². The van der Waals surface area contributed by atoms with Crippen molar-refractivity contribution in [2.24, 2.45) is 11.8 Å². The number of nitrogens with zero attached hydrogens (tertiary/aromatic N) is 1. The lowest BCUT2D eigenvalue weighted by Crippen LogP contribution is -2.60. The quantitative estimate of drug-likeness (QED) is 0.357. The van der Waals surface area contributed by atoms with Gasteiger partial charge in [0.05, 0.1) is 18.2 Å². The van der Waals surface area contributed by atoms with Crippen molar-refractivity contribution in [1.82, 2.24) is 15.5 Å². The Labute approximate surface area is 244 Å². The third-order valence-corrected chi connectivity index (χ3v) is 9.66. The van der Waals surface area contributed by atoms with Gasteiger partial charge in [-0.1, -0.05) is 49.6 Å². The van der Waals surface area contributed by atoms with Crippen molar-refractivity contribution >= 4 is 23.6 Å². The van der Waals surface area contributed by atoms with Crippen molar-refractivity contribution in [2.75, 3.05) is 18.8 Å². The standard InChI is InChI=1S/C33H47N3O3S/c1-22-12-11-17-27(23(22)2)31(38)34-28(21-40-26-15-7-6-8-16-26)30(37)20-36-19-25-14-10-9-13-24(25)18-29(36)32(39)35-33(3,4)5/h6-8,11-12,15-17,24-25,28-30,37H,9-10,13-14,18-21H2,1-5H3,(H,34,38)(H,35,39). The van der Waals surface area contributed by atoms with Crippen molar-refractivity contribution in [1.29, 1.82) is 0 Å². The van der Waals surface area contributed by atoms with Gasteiger partial charge in [-0.05, 0) is 88.6 Å². The number of rotatable bonds is 9. The molecule has 218 valence electrons. The van der Waals surface area contributed by atoms with E-state index in [4.69, 9.17) is 0 Å². The highest BCUT2D eigenvalue weighted by atomic mass is 32.2. The van der Waals surface area contributed by atoms with Crippen LogP contribution in [0.25, 0.3) is 0 Å². The molecule has 5 atom stereocenters. The fourth-order valence-electron chi connectivity index (χ4n) is 6.19. The lowest BCUT2D eigenvalue weighted by atomic mass is 9.72. The van der Waals surface area contributed by atoms with Crippen LogP contribution in [0.2, 0.25) is 0 Å². The summed E-state index contributed by atoms with van der Waals surface area (Å²) in [5.41, 5.74) is 2.32. The molecule has 4 rings (SSSR count).